The lowest BCUT2D eigenvalue weighted by molar-refractivity contribution is -0.0246. The summed E-state index contributed by atoms with van der Waals surface area (Å²) in [4.78, 5) is 25.6. The van der Waals surface area contributed by atoms with Crippen LogP contribution in [0.5, 0.6) is 0 Å². The van der Waals surface area contributed by atoms with E-state index in [-0.39, 0.29) is 12.0 Å². The quantitative estimate of drug-likeness (QED) is 0.709. The van der Waals surface area contributed by atoms with Gasteiger partial charge in [0.15, 0.2) is 5.65 Å². The lowest BCUT2D eigenvalue weighted by atomic mass is 10.1. The zero-order valence-corrected chi connectivity index (χ0v) is 14.7. The molecule has 0 aliphatic carbocycles. The molecule has 0 aromatic carbocycles. The van der Waals surface area contributed by atoms with E-state index in [9.17, 15) is 4.79 Å². The summed E-state index contributed by atoms with van der Waals surface area (Å²) >= 11 is 0. The molecule has 0 bridgehead atoms. The number of pyridine rings is 1. The number of nitrogens with zero attached hydrogens (tertiary/aromatic N) is 6. The summed E-state index contributed by atoms with van der Waals surface area (Å²) in [5.74, 6) is 0.775. The van der Waals surface area contributed by atoms with Gasteiger partial charge in [-0.3, -0.25) is 4.79 Å². The summed E-state index contributed by atoms with van der Waals surface area (Å²) in [6.07, 6.45) is 4.76. The summed E-state index contributed by atoms with van der Waals surface area (Å²) in [7, 11) is 3.89. The molecule has 8 heteroatoms. The number of hydrogen-bond acceptors (Lipinski definition) is 6. The maximum atomic E-state index is 13.0. The van der Waals surface area contributed by atoms with Crippen molar-refractivity contribution >= 4 is 17.4 Å². The minimum atomic E-state index is -0.248. The van der Waals surface area contributed by atoms with E-state index >= 15 is 0 Å². The molecule has 0 N–H and O–H groups in total. The van der Waals surface area contributed by atoms with Crippen LogP contribution in [0.15, 0.2) is 42.9 Å². The van der Waals surface area contributed by atoms with Crippen LogP contribution in [-0.4, -0.2) is 64.2 Å². The van der Waals surface area contributed by atoms with Crippen LogP contribution in [0, 0.1) is 0 Å². The molecule has 4 rings (SSSR count). The molecule has 3 aromatic heterocycles. The Morgan fingerprint density at radius 2 is 2.19 bits per heavy atom. The van der Waals surface area contributed by atoms with Gasteiger partial charge in [-0.15, -0.1) is 0 Å². The minimum Gasteiger partial charge on any atom is -0.368 e. The fourth-order valence-electron chi connectivity index (χ4n) is 3.03. The van der Waals surface area contributed by atoms with Crippen LogP contribution in [0.3, 0.4) is 0 Å². The third kappa shape index (κ3) is 2.99. The number of carbonyl (C=O) groups is 1. The van der Waals surface area contributed by atoms with E-state index in [1.165, 1.54) is 0 Å². The molecule has 1 saturated heterocycles. The Morgan fingerprint density at radius 1 is 1.31 bits per heavy atom. The standard InChI is InChI=1S/C18H20N6O2/c1-22(2)16-6-3-5-14(21-16)15-12-23(9-10-26-15)18(25)13-11-20-24-8-4-7-19-17(13)24/h3-8,11,15H,9-10,12H2,1-2H3. The number of amides is 1. The predicted octanol–water partition coefficient (Wildman–Crippen LogP) is 1.40. The van der Waals surface area contributed by atoms with Gasteiger partial charge in [0.2, 0.25) is 0 Å². The molecule has 1 unspecified atom stereocenters. The number of rotatable bonds is 3. The SMILES string of the molecule is CN(C)c1cccc(C2CN(C(=O)c3cnn4cccnc34)CCO2)n1. The lowest BCUT2D eigenvalue weighted by Gasteiger charge is -2.32. The van der Waals surface area contributed by atoms with Crippen LogP contribution in [0.1, 0.15) is 22.2 Å². The van der Waals surface area contributed by atoms with Gasteiger partial charge in [-0.25, -0.2) is 14.5 Å². The van der Waals surface area contributed by atoms with Crippen LogP contribution >= 0.6 is 0 Å². The Kier molecular flexibility index (Phi) is 4.26. The highest BCUT2D eigenvalue weighted by Gasteiger charge is 2.29. The van der Waals surface area contributed by atoms with Gasteiger partial charge in [0, 0.05) is 33.0 Å². The molecule has 1 atom stereocenters. The highest BCUT2D eigenvalue weighted by atomic mass is 16.5. The van der Waals surface area contributed by atoms with Gasteiger partial charge in [0.25, 0.3) is 5.91 Å². The monoisotopic (exact) mass is 352 g/mol. The van der Waals surface area contributed by atoms with E-state index in [1.54, 1.807) is 34.1 Å². The molecule has 0 saturated carbocycles. The minimum absolute atomic E-state index is 0.0873. The number of hydrogen-bond donors (Lipinski definition) is 0. The first kappa shape index (κ1) is 16.5. The molecule has 0 spiro atoms. The highest BCUT2D eigenvalue weighted by Crippen LogP contribution is 2.24. The summed E-state index contributed by atoms with van der Waals surface area (Å²) < 4.78 is 7.48. The van der Waals surface area contributed by atoms with Gasteiger partial charge in [-0.2, -0.15) is 5.10 Å². The number of anilines is 1. The van der Waals surface area contributed by atoms with E-state index in [2.05, 4.69) is 15.1 Å². The largest absolute Gasteiger partial charge is 0.368 e. The third-order valence-electron chi connectivity index (χ3n) is 4.41. The van der Waals surface area contributed by atoms with Gasteiger partial charge < -0.3 is 14.5 Å². The van der Waals surface area contributed by atoms with E-state index in [4.69, 9.17) is 4.74 Å². The molecule has 1 amide bonds. The van der Waals surface area contributed by atoms with Crippen molar-refractivity contribution in [3.05, 3.63) is 54.1 Å². The first-order valence-electron chi connectivity index (χ1n) is 8.47. The first-order chi connectivity index (χ1) is 12.6. The van der Waals surface area contributed by atoms with E-state index in [0.717, 1.165) is 11.5 Å². The van der Waals surface area contributed by atoms with Crippen molar-refractivity contribution in [1.82, 2.24) is 24.5 Å². The first-order valence-corrected chi connectivity index (χ1v) is 8.47. The average molecular weight is 352 g/mol. The molecule has 1 fully saturated rings. The second kappa shape index (κ2) is 6.72. The van der Waals surface area contributed by atoms with Crippen molar-refractivity contribution in [2.24, 2.45) is 0 Å². The second-order valence-electron chi connectivity index (χ2n) is 6.37. The Bertz CT molecular complexity index is 938. The van der Waals surface area contributed by atoms with Crippen molar-refractivity contribution in [1.29, 1.82) is 0 Å². The van der Waals surface area contributed by atoms with Crippen LogP contribution in [0.25, 0.3) is 5.65 Å². The number of fused-ring (bicyclic) bond motifs is 1. The number of morpholine rings is 1. The van der Waals surface area contributed by atoms with Crippen LogP contribution in [0.2, 0.25) is 0 Å². The van der Waals surface area contributed by atoms with Crippen LogP contribution in [-0.2, 0) is 4.74 Å². The van der Waals surface area contributed by atoms with Crippen molar-refractivity contribution in [3.8, 4) is 0 Å². The zero-order valence-electron chi connectivity index (χ0n) is 14.7. The Morgan fingerprint density at radius 3 is 3.04 bits per heavy atom. The molecular formula is C18H20N6O2. The van der Waals surface area contributed by atoms with E-state index in [1.807, 2.05) is 37.2 Å². The molecule has 8 nitrogen and oxygen atoms in total. The molecule has 3 aromatic rings. The topological polar surface area (TPSA) is 75.9 Å². The Hall–Kier alpha value is -3.00. The van der Waals surface area contributed by atoms with Crippen LogP contribution in [0.4, 0.5) is 5.82 Å². The lowest BCUT2D eigenvalue weighted by Crippen LogP contribution is -2.42. The Balaban J connectivity index is 1.57. The van der Waals surface area contributed by atoms with Crippen LogP contribution < -0.4 is 4.90 Å². The maximum Gasteiger partial charge on any atom is 0.259 e. The highest BCUT2D eigenvalue weighted by molar-refractivity contribution is 5.99. The molecule has 0 radical (unpaired) electrons. The zero-order chi connectivity index (χ0) is 18.1. The van der Waals surface area contributed by atoms with Crippen molar-refractivity contribution in [2.45, 2.75) is 6.10 Å². The fourth-order valence-corrected chi connectivity index (χ4v) is 3.03. The third-order valence-corrected chi connectivity index (χ3v) is 4.41. The van der Waals surface area contributed by atoms with Crippen molar-refractivity contribution in [3.63, 3.8) is 0 Å². The summed E-state index contributed by atoms with van der Waals surface area (Å²) in [5.41, 5.74) is 1.89. The smallest absolute Gasteiger partial charge is 0.259 e. The predicted molar refractivity (Wildman–Crippen MR) is 96.1 cm³/mol. The fraction of sp³-hybridized carbons (Fsp3) is 0.333. The van der Waals surface area contributed by atoms with Gasteiger partial charge >= 0.3 is 0 Å². The van der Waals surface area contributed by atoms with E-state index < -0.39 is 0 Å². The summed E-state index contributed by atoms with van der Waals surface area (Å²) in [6.45, 7) is 1.46. The van der Waals surface area contributed by atoms with Crippen molar-refractivity contribution < 1.29 is 9.53 Å². The molecule has 1 aliphatic heterocycles. The van der Waals surface area contributed by atoms with Gasteiger partial charge in [0.1, 0.15) is 17.5 Å². The number of aromatic nitrogens is 4. The summed E-state index contributed by atoms with van der Waals surface area (Å²) in [5, 5.41) is 4.20. The van der Waals surface area contributed by atoms with Crippen molar-refractivity contribution in [2.75, 3.05) is 38.7 Å². The number of ether oxygens (including phenoxy) is 1. The summed E-state index contributed by atoms with van der Waals surface area (Å²) in [6, 6.07) is 7.61. The molecule has 26 heavy (non-hydrogen) atoms. The van der Waals surface area contributed by atoms with Gasteiger partial charge in [-0.1, -0.05) is 6.07 Å². The molecular weight excluding hydrogens is 332 g/mol. The number of carbonyl (C=O) groups excluding carboxylic acids is 1. The molecule has 1 aliphatic rings. The van der Waals surface area contributed by atoms with Gasteiger partial charge in [0.05, 0.1) is 25.0 Å². The molecule has 4 heterocycles. The van der Waals surface area contributed by atoms with E-state index in [0.29, 0.717) is 30.9 Å². The normalized spacial score (nSPS) is 17.5. The molecule has 134 valence electrons. The van der Waals surface area contributed by atoms with Gasteiger partial charge in [-0.05, 0) is 18.2 Å². The Labute approximate surface area is 151 Å². The maximum absolute atomic E-state index is 13.0. The average Bonchev–Trinajstić information content (AvgIpc) is 3.12. The second-order valence-corrected chi connectivity index (χ2v) is 6.37.